The van der Waals surface area contributed by atoms with Crippen molar-refractivity contribution in [1.29, 1.82) is 5.26 Å². The van der Waals surface area contributed by atoms with E-state index in [1.807, 2.05) is 35.2 Å². The van der Waals surface area contributed by atoms with Gasteiger partial charge in [-0.05, 0) is 74.3 Å². The second-order valence-corrected chi connectivity index (χ2v) is 12.1. The van der Waals surface area contributed by atoms with E-state index in [1.165, 1.54) is 0 Å². The van der Waals surface area contributed by atoms with Crippen molar-refractivity contribution < 1.29 is 14.3 Å². The molecule has 1 aliphatic carbocycles. The monoisotopic (exact) mass is 563 g/mol. The van der Waals surface area contributed by atoms with E-state index in [4.69, 9.17) is 21.6 Å². The largest absolute Gasteiger partial charge is 0.446 e. The lowest BCUT2D eigenvalue weighted by atomic mass is 9.89. The van der Waals surface area contributed by atoms with Gasteiger partial charge in [0.25, 0.3) is 0 Å². The fraction of sp³-hybridized carbons (Fsp3) is 0.548. The van der Waals surface area contributed by atoms with Crippen molar-refractivity contribution in [2.24, 2.45) is 11.8 Å². The molecule has 1 saturated carbocycles. The average Bonchev–Trinajstić information content (AvgIpc) is 3.43. The normalized spacial score (nSPS) is 25.4. The molecule has 1 aromatic heterocycles. The standard InChI is InChI=1S/C31H38ClN5O3/c1-21-3-10-26(11-4-21)40-31(39)35(2)28-20-37(19-27(28)23-6-8-25(32)9-7-23)30(38)24-13-15-36(16-14-24)29-12-5-22(17-33)18-34-29/h5-9,12,18,21,24,26-28H,3-4,10-11,13-16,19-20H2,1-2H3/t21-,26+,27-,28+/m0/s1. The molecule has 2 atom stereocenters. The summed E-state index contributed by atoms with van der Waals surface area (Å²) < 4.78 is 5.93. The van der Waals surface area contributed by atoms with E-state index in [-0.39, 0.29) is 36.0 Å². The number of anilines is 1. The Balaban J connectivity index is 1.24. The molecule has 3 heterocycles. The molecule has 1 aromatic carbocycles. The maximum absolute atomic E-state index is 13.7. The molecule has 0 radical (unpaired) electrons. The summed E-state index contributed by atoms with van der Waals surface area (Å²) in [5, 5.41) is 9.69. The van der Waals surface area contributed by atoms with Crippen molar-refractivity contribution in [2.75, 3.05) is 38.1 Å². The molecule has 2 saturated heterocycles. The molecule has 8 nitrogen and oxygen atoms in total. The third-order valence-corrected chi connectivity index (χ3v) is 9.21. The summed E-state index contributed by atoms with van der Waals surface area (Å²) in [5.41, 5.74) is 1.60. The summed E-state index contributed by atoms with van der Waals surface area (Å²) in [4.78, 5) is 37.2. The first-order chi connectivity index (χ1) is 19.3. The number of aromatic nitrogens is 1. The molecule has 2 aliphatic heterocycles. The van der Waals surface area contributed by atoms with Crippen LogP contribution in [0.2, 0.25) is 5.02 Å². The summed E-state index contributed by atoms with van der Waals surface area (Å²) in [6, 6.07) is 13.3. The van der Waals surface area contributed by atoms with E-state index in [9.17, 15) is 9.59 Å². The Bertz CT molecular complexity index is 1220. The average molecular weight is 564 g/mol. The maximum atomic E-state index is 13.7. The Kier molecular flexibility index (Phi) is 8.80. The Morgan fingerprint density at radius 1 is 1.02 bits per heavy atom. The summed E-state index contributed by atoms with van der Waals surface area (Å²) in [5.74, 6) is 1.58. The lowest BCUT2D eigenvalue weighted by Crippen LogP contribution is -2.45. The zero-order valence-corrected chi connectivity index (χ0v) is 24.1. The van der Waals surface area contributed by atoms with Crippen molar-refractivity contribution in [3.63, 3.8) is 0 Å². The highest BCUT2D eigenvalue weighted by molar-refractivity contribution is 6.30. The van der Waals surface area contributed by atoms with Crippen LogP contribution in [0.5, 0.6) is 0 Å². The van der Waals surface area contributed by atoms with Crippen LogP contribution in [0.3, 0.4) is 0 Å². The van der Waals surface area contributed by atoms with Gasteiger partial charge in [-0.15, -0.1) is 0 Å². The number of nitriles is 1. The lowest BCUT2D eigenvalue weighted by molar-refractivity contribution is -0.135. The van der Waals surface area contributed by atoms with Crippen molar-refractivity contribution in [1.82, 2.24) is 14.8 Å². The number of hydrogen-bond donors (Lipinski definition) is 0. The van der Waals surface area contributed by atoms with E-state index >= 15 is 0 Å². The first kappa shape index (κ1) is 28.2. The number of ether oxygens (including phenoxy) is 1. The number of benzene rings is 1. The second kappa shape index (κ2) is 12.5. The molecule has 9 heteroatoms. The lowest BCUT2D eigenvalue weighted by Gasteiger charge is -2.34. The number of nitrogens with zero attached hydrogens (tertiary/aromatic N) is 5. The Labute approximate surface area is 241 Å². The first-order valence-electron chi connectivity index (χ1n) is 14.4. The number of carbonyl (C=O) groups excluding carboxylic acids is 2. The fourth-order valence-electron chi connectivity index (χ4n) is 6.36. The molecule has 2 aromatic rings. The topological polar surface area (TPSA) is 89.8 Å². The highest BCUT2D eigenvalue weighted by Gasteiger charge is 2.42. The summed E-state index contributed by atoms with van der Waals surface area (Å²) in [7, 11) is 1.80. The van der Waals surface area contributed by atoms with Crippen molar-refractivity contribution in [2.45, 2.75) is 63.5 Å². The molecule has 0 spiro atoms. The summed E-state index contributed by atoms with van der Waals surface area (Å²) in [6.07, 6.45) is 6.72. The highest BCUT2D eigenvalue weighted by Crippen LogP contribution is 2.35. The number of rotatable bonds is 5. The van der Waals surface area contributed by atoms with Crippen LogP contribution in [0.4, 0.5) is 10.6 Å². The zero-order valence-electron chi connectivity index (χ0n) is 23.3. The van der Waals surface area contributed by atoms with Crippen LogP contribution < -0.4 is 4.90 Å². The van der Waals surface area contributed by atoms with E-state index in [0.717, 1.165) is 63.0 Å². The SMILES string of the molecule is CN(C(=O)O[C@H]1CC[C@@H](C)CC1)[C@@H]1CN(C(=O)C2CCN(c3ccc(C#N)cn3)CC2)C[C@H]1c1ccc(Cl)cc1. The van der Waals surface area contributed by atoms with E-state index < -0.39 is 0 Å². The third kappa shape index (κ3) is 6.36. The van der Waals surface area contributed by atoms with Gasteiger partial charge in [-0.2, -0.15) is 5.26 Å². The predicted molar refractivity (Wildman–Crippen MR) is 154 cm³/mol. The van der Waals surface area contributed by atoms with Gasteiger partial charge in [-0.1, -0.05) is 30.7 Å². The molecule has 0 unspecified atom stereocenters. The molecule has 0 N–H and O–H groups in total. The van der Waals surface area contributed by atoms with Crippen molar-refractivity contribution >= 4 is 29.4 Å². The van der Waals surface area contributed by atoms with Gasteiger partial charge in [0, 0.05) is 56.3 Å². The van der Waals surface area contributed by atoms with Gasteiger partial charge >= 0.3 is 6.09 Å². The zero-order chi connectivity index (χ0) is 28.2. The predicted octanol–water partition coefficient (Wildman–Crippen LogP) is 5.46. The molecular formula is C31H38ClN5O3. The first-order valence-corrected chi connectivity index (χ1v) is 14.8. The number of likely N-dealkylation sites (N-methyl/N-ethyl adjacent to an activating group) is 1. The number of halogens is 1. The van der Waals surface area contributed by atoms with Crippen LogP contribution in [0, 0.1) is 23.2 Å². The second-order valence-electron chi connectivity index (χ2n) is 11.6. The van der Waals surface area contributed by atoms with Gasteiger partial charge in [0.05, 0.1) is 11.6 Å². The molecule has 212 valence electrons. The quantitative estimate of drug-likeness (QED) is 0.479. The van der Waals surface area contributed by atoms with Crippen LogP contribution in [-0.4, -0.2) is 72.2 Å². The Morgan fingerprint density at radius 3 is 2.35 bits per heavy atom. The number of hydrogen-bond acceptors (Lipinski definition) is 6. The van der Waals surface area contributed by atoms with Gasteiger partial charge in [-0.25, -0.2) is 9.78 Å². The molecule has 0 bridgehead atoms. The van der Waals surface area contributed by atoms with Crippen LogP contribution in [0.1, 0.15) is 62.5 Å². The van der Waals surface area contributed by atoms with E-state index in [2.05, 4.69) is 22.9 Å². The molecule has 3 aliphatic rings. The molecule has 40 heavy (non-hydrogen) atoms. The molecule has 5 rings (SSSR count). The molecule has 2 amide bonds. The summed E-state index contributed by atoms with van der Waals surface area (Å²) in [6.45, 7) is 4.76. The van der Waals surface area contributed by atoms with E-state index in [1.54, 1.807) is 24.2 Å². The van der Waals surface area contributed by atoms with E-state index in [0.29, 0.717) is 29.6 Å². The number of piperidine rings is 1. The van der Waals surface area contributed by atoms with Crippen LogP contribution in [-0.2, 0) is 9.53 Å². The van der Waals surface area contributed by atoms with Gasteiger partial charge in [0.2, 0.25) is 5.91 Å². The van der Waals surface area contributed by atoms with Crippen LogP contribution >= 0.6 is 11.6 Å². The van der Waals surface area contributed by atoms with Gasteiger partial charge in [-0.3, -0.25) is 4.79 Å². The minimum Gasteiger partial charge on any atom is -0.446 e. The fourth-order valence-corrected chi connectivity index (χ4v) is 6.48. The summed E-state index contributed by atoms with van der Waals surface area (Å²) >= 11 is 6.17. The third-order valence-electron chi connectivity index (χ3n) is 8.96. The minimum atomic E-state index is -0.305. The number of pyridine rings is 1. The maximum Gasteiger partial charge on any atom is 0.410 e. The van der Waals surface area contributed by atoms with Crippen molar-refractivity contribution in [3.05, 3.63) is 58.7 Å². The Hall–Kier alpha value is -3.31. The minimum absolute atomic E-state index is 0.0203. The molecular weight excluding hydrogens is 526 g/mol. The van der Waals surface area contributed by atoms with Crippen LogP contribution in [0.15, 0.2) is 42.6 Å². The number of likely N-dealkylation sites (tertiary alicyclic amines) is 1. The number of amides is 2. The Morgan fingerprint density at radius 2 is 1.73 bits per heavy atom. The van der Waals surface area contributed by atoms with Crippen molar-refractivity contribution in [3.8, 4) is 6.07 Å². The van der Waals surface area contributed by atoms with Crippen LogP contribution in [0.25, 0.3) is 0 Å². The van der Waals surface area contributed by atoms with Gasteiger partial charge < -0.3 is 19.4 Å². The van der Waals surface area contributed by atoms with Gasteiger partial charge in [0.15, 0.2) is 0 Å². The smallest absolute Gasteiger partial charge is 0.410 e. The van der Waals surface area contributed by atoms with Gasteiger partial charge in [0.1, 0.15) is 18.0 Å². The molecule has 3 fully saturated rings. The highest BCUT2D eigenvalue weighted by atomic mass is 35.5. The number of carbonyl (C=O) groups is 2.